The summed E-state index contributed by atoms with van der Waals surface area (Å²) in [7, 11) is 0. The molecule has 3 nitrogen and oxygen atoms in total. The minimum absolute atomic E-state index is 0.0467. The van der Waals surface area contributed by atoms with Crippen molar-refractivity contribution in [2.75, 3.05) is 5.32 Å². The van der Waals surface area contributed by atoms with E-state index in [1.807, 2.05) is 0 Å². The maximum Gasteiger partial charge on any atom is 0.257 e. The molecule has 0 aliphatic carbocycles. The maximum atomic E-state index is 13.1. The highest BCUT2D eigenvalue weighted by molar-refractivity contribution is 9.10. The number of carbonyl (C=O) groups excluding carboxylic acids is 1. The van der Waals surface area contributed by atoms with Crippen LogP contribution < -0.4 is 5.32 Å². The zero-order valence-corrected chi connectivity index (χ0v) is 12.5. The van der Waals surface area contributed by atoms with Gasteiger partial charge in [0.15, 0.2) is 6.10 Å². The summed E-state index contributed by atoms with van der Waals surface area (Å²) in [6.45, 7) is 0. The van der Waals surface area contributed by atoms with Gasteiger partial charge in [0.25, 0.3) is 5.91 Å². The zero-order chi connectivity index (χ0) is 14.7. The summed E-state index contributed by atoms with van der Waals surface area (Å²) >= 11 is 8.97. The molecule has 1 atom stereocenters. The van der Waals surface area contributed by atoms with Crippen LogP contribution in [0, 0.1) is 5.82 Å². The van der Waals surface area contributed by atoms with Gasteiger partial charge in [-0.05, 0) is 33.6 Å². The Morgan fingerprint density at radius 3 is 2.55 bits per heavy atom. The average Bonchev–Trinajstić information content (AvgIpc) is 2.42. The van der Waals surface area contributed by atoms with Crippen molar-refractivity contribution >= 4 is 39.1 Å². The Hall–Kier alpha value is -1.43. The van der Waals surface area contributed by atoms with Crippen LogP contribution in [0.15, 0.2) is 46.9 Å². The van der Waals surface area contributed by atoms with E-state index in [9.17, 15) is 14.3 Å². The highest BCUT2D eigenvalue weighted by Crippen LogP contribution is 2.32. The number of anilines is 1. The van der Waals surface area contributed by atoms with Gasteiger partial charge < -0.3 is 10.4 Å². The van der Waals surface area contributed by atoms with Crippen LogP contribution in [-0.4, -0.2) is 11.0 Å². The molecule has 0 aromatic heterocycles. The van der Waals surface area contributed by atoms with Crippen LogP contribution in [-0.2, 0) is 4.79 Å². The minimum atomic E-state index is -1.33. The van der Waals surface area contributed by atoms with Gasteiger partial charge in [0, 0.05) is 4.47 Å². The fraction of sp³-hybridized carbons (Fsp3) is 0.0714. The Morgan fingerprint density at radius 2 is 1.95 bits per heavy atom. The standard InChI is InChI=1S/C14H10BrClFNO2/c15-10-6-9(17)7-11(16)12(10)18-14(20)13(19)8-4-2-1-3-5-8/h1-7,13,19H,(H,18,20). The first kappa shape index (κ1) is 15.0. The maximum absolute atomic E-state index is 13.1. The molecule has 2 aromatic rings. The first-order chi connectivity index (χ1) is 9.49. The molecule has 2 aromatic carbocycles. The number of hydrogen-bond acceptors (Lipinski definition) is 2. The van der Waals surface area contributed by atoms with Crippen LogP contribution in [0.1, 0.15) is 11.7 Å². The van der Waals surface area contributed by atoms with Crippen LogP contribution in [0.4, 0.5) is 10.1 Å². The van der Waals surface area contributed by atoms with Gasteiger partial charge in [-0.15, -0.1) is 0 Å². The lowest BCUT2D eigenvalue weighted by molar-refractivity contribution is -0.124. The number of carbonyl (C=O) groups is 1. The molecule has 0 fully saturated rings. The summed E-state index contributed by atoms with van der Waals surface area (Å²) in [4.78, 5) is 12.0. The van der Waals surface area contributed by atoms with Crippen molar-refractivity contribution < 1.29 is 14.3 Å². The second kappa shape index (κ2) is 6.35. The fourth-order valence-corrected chi connectivity index (χ4v) is 2.54. The number of amides is 1. The summed E-state index contributed by atoms with van der Waals surface area (Å²) in [6, 6.07) is 10.7. The molecule has 0 saturated heterocycles. The lowest BCUT2D eigenvalue weighted by Gasteiger charge is -2.14. The monoisotopic (exact) mass is 357 g/mol. The predicted octanol–water partition coefficient (Wildman–Crippen LogP) is 3.91. The highest BCUT2D eigenvalue weighted by atomic mass is 79.9. The first-order valence-corrected chi connectivity index (χ1v) is 6.84. The molecule has 0 saturated carbocycles. The van der Waals surface area contributed by atoms with Gasteiger partial charge in [0.2, 0.25) is 0 Å². The van der Waals surface area contributed by atoms with E-state index in [0.717, 1.165) is 6.07 Å². The van der Waals surface area contributed by atoms with E-state index in [1.54, 1.807) is 30.3 Å². The van der Waals surface area contributed by atoms with E-state index in [2.05, 4.69) is 21.2 Å². The SMILES string of the molecule is O=C(Nc1c(Cl)cc(F)cc1Br)C(O)c1ccccc1. The quantitative estimate of drug-likeness (QED) is 0.874. The molecule has 104 valence electrons. The Balaban J connectivity index is 2.20. The van der Waals surface area contributed by atoms with Gasteiger partial charge in [0.05, 0.1) is 10.7 Å². The van der Waals surface area contributed by atoms with E-state index in [0.29, 0.717) is 10.0 Å². The smallest absolute Gasteiger partial charge is 0.257 e. The molecule has 0 spiro atoms. The van der Waals surface area contributed by atoms with Crippen molar-refractivity contribution in [2.45, 2.75) is 6.10 Å². The van der Waals surface area contributed by atoms with Crippen LogP contribution in [0.3, 0.4) is 0 Å². The largest absolute Gasteiger partial charge is 0.378 e. The lowest BCUT2D eigenvalue weighted by atomic mass is 10.1. The molecule has 0 radical (unpaired) electrons. The number of aliphatic hydroxyl groups excluding tert-OH is 1. The summed E-state index contributed by atoms with van der Waals surface area (Å²) in [5.74, 6) is -1.17. The van der Waals surface area contributed by atoms with Crippen LogP contribution in [0.5, 0.6) is 0 Å². The van der Waals surface area contributed by atoms with Crippen LogP contribution in [0.2, 0.25) is 5.02 Å². The Kier molecular flexibility index (Phi) is 4.75. The summed E-state index contributed by atoms with van der Waals surface area (Å²) in [5, 5.41) is 12.5. The number of aliphatic hydroxyl groups is 1. The van der Waals surface area contributed by atoms with Crippen molar-refractivity contribution in [1.82, 2.24) is 0 Å². The van der Waals surface area contributed by atoms with Gasteiger partial charge in [-0.25, -0.2) is 4.39 Å². The van der Waals surface area contributed by atoms with Gasteiger partial charge in [-0.1, -0.05) is 41.9 Å². The molecular weight excluding hydrogens is 349 g/mol. The summed E-state index contributed by atoms with van der Waals surface area (Å²) in [5.41, 5.74) is 0.674. The molecular formula is C14H10BrClFNO2. The van der Waals surface area contributed by atoms with Crippen molar-refractivity contribution in [3.63, 3.8) is 0 Å². The molecule has 2 rings (SSSR count). The van der Waals surface area contributed by atoms with Crippen molar-refractivity contribution in [1.29, 1.82) is 0 Å². The third-order valence-corrected chi connectivity index (χ3v) is 3.54. The summed E-state index contributed by atoms with van der Waals surface area (Å²) in [6.07, 6.45) is -1.33. The molecule has 0 aliphatic rings. The topological polar surface area (TPSA) is 49.3 Å². The van der Waals surface area contributed by atoms with Crippen LogP contribution >= 0.6 is 27.5 Å². The van der Waals surface area contributed by atoms with E-state index >= 15 is 0 Å². The molecule has 1 amide bonds. The summed E-state index contributed by atoms with van der Waals surface area (Å²) < 4.78 is 13.4. The Labute approximate surface area is 128 Å². The lowest BCUT2D eigenvalue weighted by Crippen LogP contribution is -2.21. The van der Waals surface area contributed by atoms with Crippen LogP contribution in [0.25, 0.3) is 0 Å². The van der Waals surface area contributed by atoms with Gasteiger partial charge >= 0.3 is 0 Å². The molecule has 1 unspecified atom stereocenters. The first-order valence-electron chi connectivity index (χ1n) is 5.67. The molecule has 2 N–H and O–H groups in total. The van der Waals surface area contributed by atoms with Crippen molar-refractivity contribution in [2.24, 2.45) is 0 Å². The Bertz CT molecular complexity index is 613. The second-order valence-corrected chi connectivity index (χ2v) is 5.31. The fourth-order valence-electron chi connectivity index (χ4n) is 1.64. The van der Waals surface area contributed by atoms with Crippen molar-refractivity contribution in [3.05, 3.63) is 63.3 Å². The number of benzene rings is 2. The third kappa shape index (κ3) is 3.36. The van der Waals surface area contributed by atoms with Gasteiger partial charge in [-0.3, -0.25) is 4.79 Å². The zero-order valence-electron chi connectivity index (χ0n) is 10.1. The molecule has 6 heteroatoms. The van der Waals surface area contributed by atoms with Gasteiger partial charge in [0.1, 0.15) is 5.82 Å². The second-order valence-electron chi connectivity index (χ2n) is 4.05. The molecule has 0 aliphatic heterocycles. The van der Waals surface area contributed by atoms with E-state index in [4.69, 9.17) is 11.6 Å². The van der Waals surface area contributed by atoms with Gasteiger partial charge in [-0.2, -0.15) is 0 Å². The van der Waals surface area contributed by atoms with E-state index in [1.165, 1.54) is 6.07 Å². The number of hydrogen-bond donors (Lipinski definition) is 2. The number of rotatable bonds is 3. The minimum Gasteiger partial charge on any atom is -0.378 e. The Morgan fingerprint density at radius 1 is 1.30 bits per heavy atom. The van der Waals surface area contributed by atoms with E-state index in [-0.39, 0.29) is 10.7 Å². The molecule has 20 heavy (non-hydrogen) atoms. The highest BCUT2D eigenvalue weighted by Gasteiger charge is 2.19. The average molecular weight is 359 g/mol. The number of halogens is 3. The van der Waals surface area contributed by atoms with Crippen molar-refractivity contribution in [3.8, 4) is 0 Å². The predicted molar refractivity (Wildman–Crippen MR) is 79.1 cm³/mol. The molecule has 0 bridgehead atoms. The third-order valence-electron chi connectivity index (χ3n) is 2.62. The number of nitrogens with one attached hydrogen (secondary N) is 1. The molecule has 0 heterocycles. The van der Waals surface area contributed by atoms with E-state index < -0.39 is 17.8 Å². The normalized spacial score (nSPS) is 12.0.